The van der Waals surface area contributed by atoms with Gasteiger partial charge in [-0.3, -0.25) is 9.78 Å². The first kappa shape index (κ1) is 21.4. The summed E-state index contributed by atoms with van der Waals surface area (Å²) < 4.78 is 14.1. The highest BCUT2D eigenvalue weighted by Crippen LogP contribution is 2.44. The summed E-state index contributed by atoms with van der Waals surface area (Å²) in [4.78, 5) is 21.3. The van der Waals surface area contributed by atoms with Crippen molar-refractivity contribution in [2.75, 3.05) is 5.32 Å². The molecular formula is C23H25FN4O2S. The molecule has 0 radical (unpaired) electrons. The van der Waals surface area contributed by atoms with Crippen LogP contribution in [0.1, 0.15) is 55.1 Å². The van der Waals surface area contributed by atoms with Crippen molar-refractivity contribution in [3.8, 4) is 16.3 Å². The maximum Gasteiger partial charge on any atom is 0.275 e. The lowest BCUT2D eigenvalue weighted by atomic mass is 9.68. The predicted molar refractivity (Wildman–Crippen MR) is 120 cm³/mol. The molecule has 0 spiro atoms. The Hall–Kier alpha value is -2.84. The lowest BCUT2D eigenvalue weighted by Gasteiger charge is -2.39. The molecule has 4 rings (SSSR count). The maximum atomic E-state index is 14.1. The van der Waals surface area contributed by atoms with Gasteiger partial charge in [0.2, 0.25) is 0 Å². The fourth-order valence-electron chi connectivity index (χ4n) is 4.46. The fraction of sp³-hybridized carbons (Fsp3) is 0.348. The quantitative estimate of drug-likeness (QED) is 0.534. The van der Waals surface area contributed by atoms with Crippen molar-refractivity contribution < 1.29 is 14.3 Å². The second kappa shape index (κ2) is 8.36. The molecule has 0 unspecified atom stereocenters. The van der Waals surface area contributed by atoms with Crippen molar-refractivity contribution in [1.82, 2.24) is 9.97 Å². The summed E-state index contributed by atoms with van der Waals surface area (Å²) in [6, 6.07) is 5.78. The summed E-state index contributed by atoms with van der Waals surface area (Å²) in [5.41, 5.74) is 8.42. The highest BCUT2D eigenvalue weighted by atomic mass is 32.1. The number of aromatic nitrogens is 2. The van der Waals surface area contributed by atoms with E-state index in [0.29, 0.717) is 10.7 Å². The number of nitrogens with one attached hydrogen (secondary N) is 1. The number of carbonyl (C=O) groups excluding carboxylic acids is 1. The van der Waals surface area contributed by atoms with E-state index in [4.69, 9.17) is 5.73 Å². The van der Waals surface area contributed by atoms with Gasteiger partial charge in [-0.1, -0.05) is 13.8 Å². The van der Waals surface area contributed by atoms with E-state index in [-0.39, 0.29) is 34.4 Å². The Morgan fingerprint density at radius 3 is 2.90 bits per heavy atom. The van der Waals surface area contributed by atoms with Crippen molar-refractivity contribution in [2.24, 2.45) is 11.1 Å². The molecule has 1 saturated carbocycles. The smallest absolute Gasteiger partial charge is 0.275 e. The number of phenols is 1. The summed E-state index contributed by atoms with van der Waals surface area (Å²) in [5, 5.41) is 14.4. The summed E-state index contributed by atoms with van der Waals surface area (Å²) in [6.45, 7) is 4.44. The van der Waals surface area contributed by atoms with Crippen LogP contribution in [-0.4, -0.2) is 27.0 Å². The second-order valence-corrected chi connectivity index (χ2v) is 9.74. The van der Waals surface area contributed by atoms with Crippen LogP contribution in [0.15, 0.2) is 42.0 Å². The van der Waals surface area contributed by atoms with Crippen molar-refractivity contribution in [1.29, 1.82) is 0 Å². The normalized spacial score (nSPS) is 20.4. The van der Waals surface area contributed by atoms with E-state index < -0.39 is 11.7 Å². The van der Waals surface area contributed by atoms with Crippen molar-refractivity contribution in [3.05, 3.63) is 59.1 Å². The molecule has 2 heterocycles. The Bertz CT molecular complexity index is 1110. The lowest BCUT2D eigenvalue weighted by Crippen LogP contribution is -2.36. The van der Waals surface area contributed by atoms with Crippen LogP contribution in [-0.2, 0) is 0 Å². The minimum Gasteiger partial charge on any atom is -0.508 e. The highest BCUT2D eigenvalue weighted by Gasteiger charge is 2.34. The van der Waals surface area contributed by atoms with Crippen molar-refractivity contribution in [3.63, 3.8) is 0 Å². The third-order valence-electron chi connectivity index (χ3n) is 5.66. The average Bonchev–Trinajstić information content (AvgIpc) is 3.19. The number of phenolic OH excluding ortho intramolecular Hbond substituents is 1. The molecule has 31 heavy (non-hydrogen) atoms. The zero-order valence-corrected chi connectivity index (χ0v) is 18.2. The number of anilines is 1. The molecule has 4 N–H and O–H groups in total. The maximum absolute atomic E-state index is 14.1. The minimum absolute atomic E-state index is 0.0637. The van der Waals surface area contributed by atoms with Crippen LogP contribution in [0, 0.1) is 11.2 Å². The molecule has 1 aliphatic carbocycles. The first-order valence-electron chi connectivity index (χ1n) is 10.2. The largest absolute Gasteiger partial charge is 0.508 e. The summed E-state index contributed by atoms with van der Waals surface area (Å²) in [5.74, 6) is -0.739. The molecule has 0 bridgehead atoms. The first-order chi connectivity index (χ1) is 14.7. The van der Waals surface area contributed by atoms with Crippen molar-refractivity contribution >= 4 is 22.9 Å². The number of amides is 1. The minimum atomic E-state index is -0.509. The Morgan fingerprint density at radius 2 is 2.13 bits per heavy atom. The number of nitrogens with zero attached hydrogens (tertiary/aromatic N) is 2. The number of thiazole rings is 1. The molecule has 8 heteroatoms. The van der Waals surface area contributed by atoms with Gasteiger partial charge in [0.05, 0.1) is 11.9 Å². The lowest BCUT2D eigenvalue weighted by molar-refractivity contribution is 0.102. The van der Waals surface area contributed by atoms with Gasteiger partial charge in [-0.15, -0.1) is 11.3 Å². The van der Waals surface area contributed by atoms with Crippen LogP contribution >= 0.6 is 11.3 Å². The number of nitrogens with two attached hydrogens (primary N) is 1. The third-order valence-corrected chi connectivity index (χ3v) is 6.54. The molecular weight excluding hydrogens is 415 g/mol. The third kappa shape index (κ3) is 4.75. The van der Waals surface area contributed by atoms with Gasteiger partial charge < -0.3 is 16.2 Å². The summed E-state index contributed by atoms with van der Waals surface area (Å²) in [7, 11) is 0. The number of carbonyl (C=O) groups is 1. The molecule has 1 aliphatic rings. The van der Waals surface area contributed by atoms with Gasteiger partial charge in [0.15, 0.2) is 0 Å². The molecule has 1 fully saturated rings. The molecule has 0 aliphatic heterocycles. The number of aromatic hydroxyl groups is 1. The number of hydrogen-bond donors (Lipinski definition) is 3. The summed E-state index contributed by atoms with van der Waals surface area (Å²) >= 11 is 1.14. The molecule has 0 saturated heterocycles. The zero-order valence-electron chi connectivity index (χ0n) is 17.4. The molecule has 6 nitrogen and oxygen atoms in total. The Kier molecular flexibility index (Phi) is 5.77. The molecule has 2 atom stereocenters. The van der Waals surface area contributed by atoms with Crippen LogP contribution in [0.3, 0.4) is 0 Å². The Balaban J connectivity index is 1.56. The van der Waals surface area contributed by atoms with Crippen molar-refractivity contribution in [2.45, 2.75) is 45.1 Å². The van der Waals surface area contributed by atoms with E-state index in [9.17, 15) is 14.3 Å². The topological polar surface area (TPSA) is 101 Å². The van der Waals surface area contributed by atoms with Gasteiger partial charge in [0.1, 0.15) is 22.3 Å². The molecule has 2 aromatic heterocycles. The van der Waals surface area contributed by atoms with Gasteiger partial charge in [-0.05, 0) is 60.4 Å². The Morgan fingerprint density at radius 1 is 1.32 bits per heavy atom. The van der Waals surface area contributed by atoms with Crippen LogP contribution in [0.25, 0.3) is 10.6 Å². The first-order valence-corrected chi connectivity index (χ1v) is 11.0. The standard InChI is InChI=1S/C23H25FN4O2S/c1-23(2)9-13(7-14(25)10-23)16-5-6-26-11-19(16)27-21(30)20-12-31-22(28-20)17-8-15(29)3-4-18(17)24/h3-6,8,11-14,29H,7,9-10,25H2,1-2H3,(H,27,30)/t13-,14+/m0/s1. The molecule has 1 amide bonds. The monoisotopic (exact) mass is 440 g/mol. The van der Waals surface area contributed by atoms with Crippen LogP contribution in [0.4, 0.5) is 10.1 Å². The van der Waals surface area contributed by atoms with E-state index in [0.717, 1.165) is 36.2 Å². The number of rotatable bonds is 4. The number of benzene rings is 1. The zero-order chi connectivity index (χ0) is 22.2. The van der Waals surface area contributed by atoms with Gasteiger partial charge in [-0.2, -0.15) is 0 Å². The SMILES string of the molecule is CC1(C)C[C@H](N)C[C@H](c2ccncc2NC(=O)c2csc(-c3cc(O)ccc3F)n2)C1. The number of pyridine rings is 1. The molecule has 162 valence electrons. The Labute approximate surface area is 184 Å². The van der Waals surface area contributed by atoms with Gasteiger partial charge in [-0.25, -0.2) is 9.37 Å². The predicted octanol–water partition coefficient (Wildman–Crippen LogP) is 4.92. The molecule has 1 aromatic carbocycles. The van der Waals surface area contributed by atoms with E-state index in [1.165, 1.54) is 18.2 Å². The molecule has 3 aromatic rings. The number of hydrogen-bond acceptors (Lipinski definition) is 6. The van der Waals surface area contributed by atoms with E-state index in [1.54, 1.807) is 17.8 Å². The number of halogens is 1. The van der Waals surface area contributed by atoms with Crippen LogP contribution < -0.4 is 11.1 Å². The average molecular weight is 441 g/mol. The van der Waals surface area contributed by atoms with Gasteiger partial charge in [0, 0.05) is 23.2 Å². The highest BCUT2D eigenvalue weighted by molar-refractivity contribution is 7.13. The van der Waals surface area contributed by atoms with Gasteiger partial charge >= 0.3 is 0 Å². The van der Waals surface area contributed by atoms with E-state index in [1.807, 2.05) is 6.07 Å². The second-order valence-electron chi connectivity index (χ2n) is 8.88. The summed E-state index contributed by atoms with van der Waals surface area (Å²) in [6.07, 6.45) is 6.18. The van der Waals surface area contributed by atoms with Gasteiger partial charge in [0.25, 0.3) is 5.91 Å². The van der Waals surface area contributed by atoms with E-state index >= 15 is 0 Å². The van der Waals surface area contributed by atoms with Crippen LogP contribution in [0.5, 0.6) is 5.75 Å². The van der Waals surface area contributed by atoms with Crippen LogP contribution in [0.2, 0.25) is 0 Å². The van der Waals surface area contributed by atoms with E-state index in [2.05, 4.69) is 29.1 Å². The fourth-order valence-corrected chi connectivity index (χ4v) is 5.28.